The second kappa shape index (κ2) is 7.71. The van der Waals surface area contributed by atoms with Crippen molar-refractivity contribution in [1.29, 1.82) is 0 Å². The Bertz CT molecular complexity index is 759. The maximum absolute atomic E-state index is 13.3. The van der Waals surface area contributed by atoms with Gasteiger partial charge in [0.15, 0.2) is 0 Å². The Morgan fingerprint density at radius 3 is 2.65 bits per heavy atom. The number of nitrogens with zero attached hydrogens (tertiary/aromatic N) is 4. The molecule has 0 radical (unpaired) electrons. The van der Waals surface area contributed by atoms with Crippen molar-refractivity contribution in [2.45, 2.75) is 48.2 Å². The topological polar surface area (TPSA) is 81.9 Å². The molecule has 1 saturated heterocycles. The van der Waals surface area contributed by atoms with Gasteiger partial charge in [0.05, 0.1) is 6.04 Å². The molecule has 4 rings (SSSR count). The summed E-state index contributed by atoms with van der Waals surface area (Å²) in [6.45, 7) is 1.36. The predicted octanol–water partition coefficient (Wildman–Crippen LogP) is 2.28. The van der Waals surface area contributed by atoms with Gasteiger partial charge in [0, 0.05) is 19.3 Å². The highest BCUT2D eigenvalue weighted by Gasteiger charge is 2.31. The third-order valence-electron chi connectivity index (χ3n) is 4.56. The molecule has 0 bridgehead atoms. The van der Waals surface area contributed by atoms with Crippen LogP contribution in [0.3, 0.4) is 0 Å². The van der Waals surface area contributed by atoms with E-state index in [4.69, 9.17) is 4.74 Å². The summed E-state index contributed by atoms with van der Waals surface area (Å²) in [5.74, 6) is -0.419. The SMILES string of the molecule is O=C(NC1CC1)C(Sc1nnnn1C1CCOCC1)c1ccc(F)cc1. The molecule has 0 spiro atoms. The molecule has 26 heavy (non-hydrogen) atoms. The van der Waals surface area contributed by atoms with E-state index >= 15 is 0 Å². The molecule has 1 aliphatic heterocycles. The van der Waals surface area contributed by atoms with Crippen LogP contribution in [0.4, 0.5) is 4.39 Å². The summed E-state index contributed by atoms with van der Waals surface area (Å²) < 4.78 is 20.5. The molecular weight excluding hydrogens is 357 g/mol. The zero-order chi connectivity index (χ0) is 17.9. The van der Waals surface area contributed by atoms with Crippen LogP contribution in [0, 0.1) is 5.82 Å². The molecule has 2 aliphatic rings. The fourth-order valence-corrected chi connectivity index (χ4v) is 4.00. The Morgan fingerprint density at radius 2 is 1.96 bits per heavy atom. The Morgan fingerprint density at radius 1 is 1.23 bits per heavy atom. The van der Waals surface area contributed by atoms with Gasteiger partial charge in [0.1, 0.15) is 11.1 Å². The van der Waals surface area contributed by atoms with E-state index < -0.39 is 5.25 Å². The van der Waals surface area contributed by atoms with Crippen LogP contribution in [0.5, 0.6) is 0 Å². The number of amides is 1. The number of tetrazole rings is 1. The first-order valence-electron chi connectivity index (χ1n) is 8.79. The standard InChI is InChI=1S/C17H20FN5O2S/c18-12-3-1-11(2-4-12)15(16(24)19-13-5-6-13)26-17-20-21-22-23(17)14-7-9-25-10-8-14/h1-4,13-15H,5-10H2,(H,19,24). The highest BCUT2D eigenvalue weighted by molar-refractivity contribution is 8.00. The number of thioether (sulfide) groups is 1. The molecule has 2 aromatic rings. The van der Waals surface area contributed by atoms with Crippen molar-refractivity contribution in [3.05, 3.63) is 35.6 Å². The molecule has 2 heterocycles. The first kappa shape index (κ1) is 17.4. The number of carbonyl (C=O) groups excluding carboxylic acids is 1. The van der Waals surface area contributed by atoms with Gasteiger partial charge in [0.25, 0.3) is 0 Å². The van der Waals surface area contributed by atoms with Crippen molar-refractivity contribution in [3.8, 4) is 0 Å². The number of hydrogen-bond acceptors (Lipinski definition) is 6. The number of nitrogens with one attached hydrogen (secondary N) is 1. The molecule has 1 amide bonds. The van der Waals surface area contributed by atoms with Crippen molar-refractivity contribution >= 4 is 17.7 Å². The van der Waals surface area contributed by atoms with E-state index in [2.05, 4.69) is 20.8 Å². The molecular formula is C17H20FN5O2S. The molecule has 1 atom stereocenters. The average Bonchev–Trinajstić information content (AvgIpc) is 3.35. The van der Waals surface area contributed by atoms with Crippen molar-refractivity contribution < 1.29 is 13.9 Å². The van der Waals surface area contributed by atoms with Gasteiger partial charge >= 0.3 is 0 Å². The quantitative estimate of drug-likeness (QED) is 0.778. The number of ether oxygens (including phenoxy) is 1. The van der Waals surface area contributed by atoms with Crippen molar-refractivity contribution in [1.82, 2.24) is 25.5 Å². The number of benzene rings is 1. The van der Waals surface area contributed by atoms with Crippen LogP contribution in [0.25, 0.3) is 0 Å². The van der Waals surface area contributed by atoms with Gasteiger partial charge in [-0.15, -0.1) is 5.10 Å². The number of aromatic nitrogens is 4. The summed E-state index contributed by atoms with van der Waals surface area (Å²) >= 11 is 1.30. The van der Waals surface area contributed by atoms with Crippen LogP contribution in [-0.2, 0) is 9.53 Å². The number of carbonyl (C=O) groups is 1. The first-order valence-corrected chi connectivity index (χ1v) is 9.67. The van der Waals surface area contributed by atoms with Gasteiger partial charge in [-0.25, -0.2) is 9.07 Å². The Labute approximate surface area is 154 Å². The maximum Gasteiger partial charge on any atom is 0.238 e. The molecule has 1 unspecified atom stereocenters. The van der Waals surface area contributed by atoms with Crippen LogP contribution in [0.2, 0.25) is 0 Å². The van der Waals surface area contributed by atoms with Crippen LogP contribution in [0.15, 0.2) is 29.4 Å². The summed E-state index contributed by atoms with van der Waals surface area (Å²) in [4.78, 5) is 12.8. The van der Waals surface area contributed by atoms with E-state index in [9.17, 15) is 9.18 Å². The van der Waals surface area contributed by atoms with Gasteiger partial charge < -0.3 is 10.1 Å². The number of rotatable bonds is 6. The fourth-order valence-electron chi connectivity index (χ4n) is 2.94. The van der Waals surface area contributed by atoms with Crippen LogP contribution in [0.1, 0.15) is 42.5 Å². The van der Waals surface area contributed by atoms with Gasteiger partial charge in [-0.2, -0.15) is 0 Å². The van der Waals surface area contributed by atoms with E-state index in [1.807, 2.05) is 0 Å². The first-order chi connectivity index (χ1) is 12.7. The molecule has 7 nitrogen and oxygen atoms in total. The van der Waals surface area contributed by atoms with Crippen LogP contribution in [-0.4, -0.2) is 45.4 Å². The Kier molecular flexibility index (Phi) is 5.16. The molecule has 1 saturated carbocycles. The Balaban J connectivity index is 1.57. The molecule has 9 heteroatoms. The third-order valence-corrected chi connectivity index (χ3v) is 5.76. The summed E-state index contributed by atoms with van der Waals surface area (Å²) in [6.07, 6.45) is 3.70. The minimum absolute atomic E-state index is 0.0920. The zero-order valence-electron chi connectivity index (χ0n) is 14.2. The normalized spacial score (nSPS) is 19.3. The molecule has 1 N–H and O–H groups in total. The highest BCUT2D eigenvalue weighted by atomic mass is 32.2. The van der Waals surface area contributed by atoms with E-state index in [-0.39, 0.29) is 23.8 Å². The molecule has 1 aromatic carbocycles. The smallest absolute Gasteiger partial charge is 0.238 e. The van der Waals surface area contributed by atoms with Gasteiger partial charge in [-0.1, -0.05) is 23.9 Å². The molecule has 138 valence electrons. The van der Waals surface area contributed by atoms with E-state index in [1.54, 1.807) is 16.8 Å². The summed E-state index contributed by atoms with van der Waals surface area (Å²) in [7, 11) is 0. The molecule has 1 aromatic heterocycles. The van der Waals surface area contributed by atoms with Crippen molar-refractivity contribution in [2.24, 2.45) is 0 Å². The lowest BCUT2D eigenvalue weighted by atomic mass is 10.1. The lowest BCUT2D eigenvalue weighted by molar-refractivity contribution is -0.120. The number of halogens is 1. The van der Waals surface area contributed by atoms with E-state index in [0.29, 0.717) is 18.4 Å². The van der Waals surface area contributed by atoms with Crippen LogP contribution >= 0.6 is 11.8 Å². The number of hydrogen-bond donors (Lipinski definition) is 1. The van der Waals surface area contributed by atoms with E-state index in [0.717, 1.165) is 31.2 Å². The zero-order valence-corrected chi connectivity index (χ0v) is 15.0. The minimum atomic E-state index is -0.527. The lowest BCUT2D eigenvalue weighted by Gasteiger charge is -2.23. The van der Waals surface area contributed by atoms with E-state index in [1.165, 1.54) is 23.9 Å². The highest BCUT2D eigenvalue weighted by Crippen LogP contribution is 2.37. The second-order valence-electron chi connectivity index (χ2n) is 6.58. The minimum Gasteiger partial charge on any atom is -0.381 e. The monoisotopic (exact) mass is 377 g/mol. The third kappa shape index (κ3) is 4.04. The molecule has 1 aliphatic carbocycles. The summed E-state index contributed by atoms with van der Waals surface area (Å²) in [5.41, 5.74) is 0.732. The maximum atomic E-state index is 13.3. The average molecular weight is 377 g/mol. The van der Waals surface area contributed by atoms with Crippen LogP contribution < -0.4 is 5.32 Å². The summed E-state index contributed by atoms with van der Waals surface area (Å²) in [6, 6.07) is 6.44. The lowest BCUT2D eigenvalue weighted by Crippen LogP contribution is -2.30. The largest absolute Gasteiger partial charge is 0.381 e. The predicted molar refractivity (Wildman–Crippen MR) is 93.1 cm³/mol. The van der Waals surface area contributed by atoms with Crippen molar-refractivity contribution in [3.63, 3.8) is 0 Å². The fraction of sp³-hybridized carbons (Fsp3) is 0.529. The second-order valence-corrected chi connectivity index (χ2v) is 7.65. The summed E-state index contributed by atoms with van der Waals surface area (Å²) in [5, 5.41) is 15.1. The van der Waals surface area contributed by atoms with Gasteiger partial charge in [0.2, 0.25) is 11.1 Å². The van der Waals surface area contributed by atoms with Crippen molar-refractivity contribution in [2.75, 3.05) is 13.2 Å². The Hall–Kier alpha value is -2.00. The van der Waals surface area contributed by atoms with Gasteiger partial charge in [-0.3, -0.25) is 4.79 Å². The van der Waals surface area contributed by atoms with Gasteiger partial charge in [-0.05, 0) is 53.8 Å². The molecule has 2 fully saturated rings.